The van der Waals surface area contributed by atoms with Crippen LogP contribution in [0.1, 0.15) is 18.1 Å². The minimum Gasteiger partial charge on any atom is -0.357 e. The fourth-order valence-corrected chi connectivity index (χ4v) is 3.12. The molecule has 2 heterocycles. The van der Waals surface area contributed by atoms with Crippen LogP contribution in [0.3, 0.4) is 0 Å². The second-order valence-electron chi connectivity index (χ2n) is 6.38. The summed E-state index contributed by atoms with van der Waals surface area (Å²) in [4.78, 5) is 18.9. The van der Waals surface area contributed by atoms with Crippen molar-refractivity contribution in [2.24, 2.45) is 4.99 Å². The van der Waals surface area contributed by atoms with Crippen molar-refractivity contribution in [3.05, 3.63) is 59.9 Å². The second kappa shape index (κ2) is 11.0. The summed E-state index contributed by atoms with van der Waals surface area (Å²) in [5.41, 5.74) is 2.59. The van der Waals surface area contributed by atoms with Gasteiger partial charge in [-0.2, -0.15) is 0 Å². The lowest BCUT2D eigenvalue weighted by molar-refractivity contribution is -0.130. The van der Waals surface area contributed by atoms with Gasteiger partial charge in [0.25, 0.3) is 0 Å². The molecule has 2 aromatic rings. The summed E-state index contributed by atoms with van der Waals surface area (Å²) in [6.45, 7) is 6.01. The lowest BCUT2D eigenvalue weighted by Gasteiger charge is -2.28. The molecule has 7 heteroatoms. The van der Waals surface area contributed by atoms with Crippen LogP contribution in [0.2, 0.25) is 0 Å². The Balaban J connectivity index is 0.00000261. The number of nitrogens with one attached hydrogen (secondary N) is 2. The average Bonchev–Trinajstić information content (AvgIpc) is 3.19. The Morgan fingerprint density at radius 1 is 1.11 bits per heavy atom. The lowest BCUT2D eigenvalue weighted by Crippen LogP contribution is -2.41. The van der Waals surface area contributed by atoms with Crippen molar-refractivity contribution in [2.75, 3.05) is 26.2 Å². The number of rotatable bonds is 6. The zero-order chi connectivity index (χ0) is 18.2. The van der Waals surface area contributed by atoms with E-state index in [0.717, 1.165) is 32.6 Å². The number of amides is 1. The molecule has 0 atom stereocenters. The number of aliphatic imine (C=N–C) groups is 1. The number of hydrogen-bond acceptors (Lipinski definition) is 2. The molecule has 1 aromatic heterocycles. The average molecular weight is 481 g/mol. The summed E-state index contributed by atoms with van der Waals surface area (Å²) < 4.78 is 2.10. The molecule has 1 aliphatic heterocycles. The van der Waals surface area contributed by atoms with Crippen molar-refractivity contribution in [1.82, 2.24) is 20.1 Å². The zero-order valence-electron chi connectivity index (χ0n) is 15.7. The summed E-state index contributed by atoms with van der Waals surface area (Å²) in [7, 11) is 0. The molecule has 1 aromatic carbocycles. The Hall–Kier alpha value is -2.03. The van der Waals surface area contributed by atoms with Crippen molar-refractivity contribution < 1.29 is 4.79 Å². The van der Waals surface area contributed by atoms with Gasteiger partial charge in [0, 0.05) is 45.1 Å². The van der Waals surface area contributed by atoms with Crippen LogP contribution in [0.25, 0.3) is 0 Å². The van der Waals surface area contributed by atoms with Crippen LogP contribution >= 0.6 is 24.0 Å². The third-order valence-corrected chi connectivity index (χ3v) is 4.53. The van der Waals surface area contributed by atoms with E-state index in [-0.39, 0.29) is 36.4 Å². The molecule has 3 rings (SSSR count). The SMILES string of the molecule is CCNC(=NCC(=O)N1CCc2ccccc2C1)NCCn1cccc1.I. The van der Waals surface area contributed by atoms with Crippen LogP contribution in [0.15, 0.2) is 53.8 Å². The summed E-state index contributed by atoms with van der Waals surface area (Å²) in [5, 5.41) is 6.48. The Labute approximate surface area is 178 Å². The first-order valence-corrected chi connectivity index (χ1v) is 9.23. The van der Waals surface area contributed by atoms with Crippen LogP contribution < -0.4 is 10.6 Å². The van der Waals surface area contributed by atoms with E-state index < -0.39 is 0 Å². The van der Waals surface area contributed by atoms with E-state index in [9.17, 15) is 4.79 Å². The summed E-state index contributed by atoms with van der Waals surface area (Å²) in [5.74, 6) is 0.757. The monoisotopic (exact) mass is 481 g/mol. The predicted octanol–water partition coefficient (Wildman–Crippen LogP) is 2.25. The molecular weight excluding hydrogens is 453 g/mol. The summed E-state index contributed by atoms with van der Waals surface area (Å²) in [6, 6.07) is 12.4. The third kappa shape index (κ3) is 6.27. The quantitative estimate of drug-likeness (QED) is 0.378. The number of aromatic nitrogens is 1. The fourth-order valence-electron chi connectivity index (χ4n) is 3.12. The van der Waals surface area contributed by atoms with Gasteiger partial charge in [0.05, 0.1) is 0 Å². The van der Waals surface area contributed by atoms with E-state index in [1.807, 2.05) is 42.4 Å². The molecule has 0 radical (unpaired) electrons. The van der Waals surface area contributed by atoms with Gasteiger partial charge in [-0.3, -0.25) is 4.79 Å². The first-order chi connectivity index (χ1) is 12.8. The molecule has 0 unspecified atom stereocenters. The molecule has 0 fully saturated rings. The highest BCUT2D eigenvalue weighted by Gasteiger charge is 2.19. The van der Waals surface area contributed by atoms with Gasteiger partial charge in [-0.15, -0.1) is 24.0 Å². The Morgan fingerprint density at radius 3 is 2.59 bits per heavy atom. The van der Waals surface area contributed by atoms with Gasteiger partial charge in [0.2, 0.25) is 5.91 Å². The molecule has 2 N–H and O–H groups in total. The van der Waals surface area contributed by atoms with E-state index in [4.69, 9.17) is 0 Å². The molecule has 0 bridgehead atoms. The zero-order valence-corrected chi connectivity index (χ0v) is 18.1. The molecule has 0 saturated heterocycles. The Kier molecular flexibility index (Phi) is 8.63. The number of halogens is 1. The molecule has 0 spiro atoms. The van der Waals surface area contributed by atoms with E-state index >= 15 is 0 Å². The Bertz CT molecular complexity index is 745. The molecule has 27 heavy (non-hydrogen) atoms. The number of guanidine groups is 1. The number of fused-ring (bicyclic) bond motifs is 1. The minimum absolute atomic E-state index is 0. The third-order valence-electron chi connectivity index (χ3n) is 4.53. The molecule has 0 aliphatic carbocycles. The smallest absolute Gasteiger partial charge is 0.244 e. The maximum Gasteiger partial charge on any atom is 0.244 e. The van der Waals surface area contributed by atoms with Gasteiger partial charge >= 0.3 is 0 Å². The van der Waals surface area contributed by atoms with Crippen molar-refractivity contribution in [1.29, 1.82) is 0 Å². The van der Waals surface area contributed by atoms with Gasteiger partial charge in [0.15, 0.2) is 5.96 Å². The predicted molar refractivity (Wildman–Crippen MR) is 119 cm³/mol. The highest BCUT2D eigenvalue weighted by atomic mass is 127. The number of benzene rings is 1. The van der Waals surface area contributed by atoms with Crippen LogP contribution in [-0.2, 0) is 24.3 Å². The van der Waals surface area contributed by atoms with Gasteiger partial charge < -0.3 is 20.1 Å². The van der Waals surface area contributed by atoms with E-state index in [2.05, 4.69) is 38.4 Å². The van der Waals surface area contributed by atoms with Crippen molar-refractivity contribution in [3.63, 3.8) is 0 Å². The number of carbonyl (C=O) groups is 1. The maximum atomic E-state index is 12.5. The first-order valence-electron chi connectivity index (χ1n) is 9.23. The van der Waals surface area contributed by atoms with Crippen molar-refractivity contribution >= 4 is 35.8 Å². The number of carbonyl (C=O) groups excluding carboxylic acids is 1. The van der Waals surface area contributed by atoms with Gasteiger partial charge in [-0.1, -0.05) is 24.3 Å². The molecule has 1 amide bonds. The highest BCUT2D eigenvalue weighted by molar-refractivity contribution is 14.0. The topological polar surface area (TPSA) is 61.7 Å². The van der Waals surface area contributed by atoms with E-state index in [0.29, 0.717) is 12.5 Å². The van der Waals surface area contributed by atoms with Gasteiger partial charge in [-0.25, -0.2) is 4.99 Å². The van der Waals surface area contributed by atoms with Crippen molar-refractivity contribution in [2.45, 2.75) is 26.4 Å². The fraction of sp³-hybridized carbons (Fsp3) is 0.400. The molecule has 6 nitrogen and oxygen atoms in total. The van der Waals surface area contributed by atoms with Gasteiger partial charge in [-0.05, 0) is 36.6 Å². The molecule has 0 saturated carbocycles. The standard InChI is InChI=1S/C20H27N5O.HI/c1-2-21-20(22-10-14-24-11-5-6-12-24)23-15-19(26)25-13-9-17-7-3-4-8-18(17)16-25;/h3-8,11-12H,2,9-10,13-16H2,1H3,(H2,21,22,23);1H. The van der Waals surface area contributed by atoms with E-state index in [1.165, 1.54) is 11.1 Å². The van der Waals surface area contributed by atoms with Gasteiger partial charge in [0.1, 0.15) is 6.54 Å². The first kappa shape index (κ1) is 21.3. The molecule has 1 aliphatic rings. The maximum absolute atomic E-state index is 12.5. The largest absolute Gasteiger partial charge is 0.357 e. The minimum atomic E-state index is 0. The van der Waals surface area contributed by atoms with Crippen LogP contribution in [0.5, 0.6) is 0 Å². The van der Waals surface area contributed by atoms with E-state index in [1.54, 1.807) is 0 Å². The molecular formula is C20H28IN5O. The van der Waals surface area contributed by atoms with Crippen molar-refractivity contribution in [3.8, 4) is 0 Å². The summed E-state index contributed by atoms with van der Waals surface area (Å²) >= 11 is 0. The summed E-state index contributed by atoms with van der Waals surface area (Å²) in [6.07, 6.45) is 4.98. The number of hydrogen-bond donors (Lipinski definition) is 2. The lowest BCUT2D eigenvalue weighted by atomic mass is 10.00. The second-order valence-corrected chi connectivity index (χ2v) is 6.38. The van der Waals surface area contributed by atoms with Crippen LogP contribution in [0, 0.1) is 0 Å². The highest BCUT2D eigenvalue weighted by Crippen LogP contribution is 2.18. The number of nitrogens with zero attached hydrogens (tertiary/aromatic N) is 3. The van der Waals surface area contributed by atoms with Crippen LogP contribution in [0.4, 0.5) is 0 Å². The normalized spacial score (nSPS) is 13.5. The Morgan fingerprint density at radius 2 is 1.85 bits per heavy atom. The molecule has 146 valence electrons. The van der Waals surface area contributed by atoms with Crippen LogP contribution in [-0.4, -0.2) is 47.5 Å².